The number of morpholine rings is 1. The monoisotopic (exact) mass is 380 g/mol. The average Bonchev–Trinajstić information content (AvgIpc) is 3.34. The molecule has 0 bridgehead atoms. The summed E-state index contributed by atoms with van der Waals surface area (Å²) in [5.41, 5.74) is 8.87. The van der Waals surface area contributed by atoms with Gasteiger partial charge in [-0.1, -0.05) is 6.92 Å². The largest absolute Gasteiger partial charge is 0.378 e. The van der Waals surface area contributed by atoms with Gasteiger partial charge >= 0.3 is 0 Å². The number of aromatic nitrogens is 6. The fourth-order valence-corrected chi connectivity index (χ4v) is 4.17. The van der Waals surface area contributed by atoms with Crippen molar-refractivity contribution < 1.29 is 4.74 Å². The van der Waals surface area contributed by atoms with Crippen molar-refractivity contribution in [1.82, 2.24) is 29.5 Å². The lowest BCUT2D eigenvalue weighted by molar-refractivity contribution is 0.122. The lowest BCUT2D eigenvalue weighted by atomic mass is 10.1. The van der Waals surface area contributed by atoms with Crippen molar-refractivity contribution in [3.05, 3.63) is 18.7 Å². The van der Waals surface area contributed by atoms with Crippen molar-refractivity contribution in [2.45, 2.75) is 32.2 Å². The van der Waals surface area contributed by atoms with Gasteiger partial charge in [-0.25, -0.2) is 19.9 Å². The van der Waals surface area contributed by atoms with Gasteiger partial charge in [0, 0.05) is 37.1 Å². The number of rotatable bonds is 3. The summed E-state index contributed by atoms with van der Waals surface area (Å²) in [6.45, 7) is 5.22. The Morgan fingerprint density at radius 2 is 1.86 bits per heavy atom. The molecule has 2 fully saturated rings. The summed E-state index contributed by atoms with van der Waals surface area (Å²) in [7, 11) is 0. The summed E-state index contributed by atoms with van der Waals surface area (Å²) in [4.78, 5) is 24.9. The van der Waals surface area contributed by atoms with Crippen LogP contribution in [0, 0.1) is 5.92 Å². The molecule has 4 heterocycles. The summed E-state index contributed by atoms with van der Waals surface area (Å²) < 4.78 is 7.72. The summed E-state index contributed by atoms with van der Waals surface area (Å²) in [6.07, 6.45) is 8.86. The predicted octanol–water partition coefficient (Wildman–Crippen LogP) is 2.06. The quantitative estimate of drug-likeness (QED) is 0.736. The smallest absolute Gasteiger partial charge is 0.228 e. The second kappa shape index (κ2) is 6.97. The van der Waals surface area contributed by atoms with Crippen LogP contribution in [0.15, 0.2) is 18.7 Å². The van der Waals surface area contributed by atoms with E-state index in [1.807, 2.05) is 6.33 Å². The second-order valence-corrected chi connectivity index (χ2v) is 7.70. The molecule has 1 aliphatic carbocycles. The summed E-state index contributed by atoms with van der Waals surface area (Å²) >= 11 is 0. The maximum absolute atomic E-state index is 5.67. The van der Waals surface area contributed by atoms with Gasteiger partial charge in [-0.05, 0) is 25.2 Å². The first-order valence-corrected chi connectivity index (χ1v) is 9.84. The number of nitrogens with two attached hydrogens (primary N) is 1. The van der Waals surface area contributed by atoms with E-state index in [0.29, 0.717) is 25.2 Å². The topological polar surface area (TPSA) is 108 Å². The first-order valence-electron chi connectivity index (χ1n) is 9.84. The van der Waals surface area contributed by atoms with Gasteiger partial charge in [0.25, 0.3) is 0 Å². The number of ether oxygens (including phenoxy) is 1. The van der Waals surface area contributed by atoms with Crippen molar-refractivity contribution in [2.24, 2.45) is 5.92 Å². The van der Waals surface area contributed by atoms with E-state index in [1.165, 1.54) is 6.42 Å². The highest BCUT2D eigenvalue weighted by Crippen LogP contribution is 2.37. The summed E-state index contributed by atoms with van der Waals surface area (Å²) in [5.74, 6) is 1.68. The van der Waals surface area contributed by atoms with E-state index < -0.39 is 0 Å². The third kappa shape index (κ3) is 3.05. The van der Waals surface area contributed by atoms with Crippen molar-refractivity contribution in [3.8, 4) is 11.3 Å². The third-order valence-corrected chi connectivity index (χ3v) is 5.71. The molecule has 0 radical (unpaired) electrons. The SMILES string of the molecule is C[C@H]1CCC(n2cnc3c(-c4cnc(N)nc4)nc(N4CCOCC4)nc32)C1. The lowest BCUT2D eigenvalue weighted by Gasteiger charge is -2.27. The minimum Gasteiger partial charge on any atom is -0.378 e. The van der Waals surface area contributed by atoms with Crippen LogP contribution < -0.4 is 10.6 Å². The minimum atomic E-state index is 0.243. The van der Waals surface area contributed by atoms with Crippen molar-refractivity contribution in [1.29, 1.82) is 0 Å². The number of fused-ring (bicyclic) bond motifs is 1. The molecule has 3 aromatic rings. The average molecular weight is 380 g/mol. The number of nitrogens with zero attached hydrogens (tertiary/aromatic N) is 7. The van der Waals surface area contributed by atoms with Gasteiger partial charge < -0.3 is 19.9 Å². The van der Waals surface area contributed by atoms with Gasteiger partial charge in [0.05, 0.1) is 19.5 Å². The number of anilines is 2. The normalized spacial score (nSPS) is 22.8. The molecule has 0 amide bonds. The van der Waals surface area contributed by atoms with Gasteiger partial charge in [0.15, 0.2) is 5.65 Å². The molecule has 1 aliphatic heterocycles. The van der Waals surface area contributed by atoms with E-state index in [4.69, 9.17) is 20.4 Å². The lowest BCUT2D eigenvalue weighted by Crippen LogP contribution is -2.37. The molecule has 5 rings (SSSR count). The molecule has 3 aromatic heterocycles. The highest BCUT2D eigenvalue weighted by atomic mass is 16.5. The van der Waals surface area contributed by atoms with Gasteiger partial charge in [-0.2, -0.15) is 4.98 Å². The first kappa shape index (κ1) is 17.3. The van der Waals surface area contributed by atoms with E-state index in [2.05, 4.69) is 31.3 Å². The van der Waals surface area contributed by atoms with Crippen LogP contribution in [0.5, 0.6) is 0 Å². The van der Waals surface area contributed by atoms with Gasteiger partial charge in [0.1, 0.15) is 11.2 Å². The maximum Gasteiger partial charge on any atom is 0.228 e. The molecule has 2 atom stereocenters. The Hall–Kier alpha value is -2.81. The molecular formula is C19H24N8O. The van der Waals surface area contributed by atoms with Crippen LogP contribution >= 0.6 is 0 Å². The molecule has 1 saturated heterocycles. The van der Waals surface area contributed by atoms with Crippen LogP contribution in [0.4, 0.5) is 11.9 Å². The summed E-state index contributed by atoms with van der Waals surface area (Å²) in [6, 6.07) is 0.433. The van der Waals surface area contributed by atoms with Crippen LogP contribution in [-0.4, -0.2) is 55.8 Å². The predicted molar refractivity (Wildman–Crippen MR) is 106 cm³/mol. The van der Waals surface area contributed by atoms with E-state index in [-0.39, 0.29) is 5.95 Å². The Morgan fingerprint density at radius 3 is 2.57 bits per heavy atom. The Balaban J connectivity index is 1.66. The molecule has 9 heteroatoms. The molecule has 2 aliphatic rings. The molecule has 0 aromatic carbocycles. The molecule has 1 saturated carbocycles. The van der Waals surface area contributed by atoms with E-state index in [1.54, 1.807) is 12.4 Å². The fraction of sp³-hybridized carbons (Fsp3) is 0.526. The molecule has 0 spiro atoms. The van der Waals surface area contributed by atoms with Gasteiger partial charge in [-0.3, -0.25) is 0 Å². The zero-order chi connectivity index (χ0) is 19.1. The Bertz CT molecular complexity index is 980. The van der Waals surface area contributed by atoms with Gasteiger partial charge in [-0.15, -0.1) is 0 Å². The Morgan fingerprint density at radius 1 is 1.07 bits per heavy atom. The number of hydrogen-bond donors (Lipinski definition) is 1. The zero-order valence-corrected chi connectivity index (χ0v) is 16.0. The highest BCUT2D eigenvalue weighted by Gasteiger charge is 2.27. The van der Waals surface area contributed by atoms with Crippen LogP contribution in [0.25, 0.3) is 22.4 Å². The zero-order valence-electron chi connectivity index (χ0n) is 16.0. The Kier molecular flexibility index (Phi) is 4.31. The van der Waals surface area contributed by atoms with Crippen LogP contribution in [0.1, 0.15) is 32.2 Å². The van der Waals surface area contributed by atoms with Crippen molar-refractivity contribution in [3.63, 3.8) is 0 Å². The molecular weight excluding hydrogens is 356 g/mol. The molecule has 9 nitrogen and oxygen atoms in total. The number of nitrogen functional groups attached to an aromatic ring is 1. The van der Waals surface area contributed by atoms with Gasteiger partial charge in [0.2, 0.25) is 11.9 Å². The van der Waals surface area contributed by atoms with Crippen molar-refractivity contribution >= 4 is 23.1 Å². The van der Waals surface area contributed by atoms with E-state index >= 15 is 0 Å². The van der Waals surface area contributed by atoms with E-state index in [9.17, 15) is 0 Å². The Labute approximate surface area is 163 Å². The standard InChI is InChI=1S/C19H24N8O/c1-12-2-3-14(8-12)27-11-23-16-15(13-9-21-18(20)22-10-13)24-19(25-17(16)27)26-4-6-28-7-5-26/h9-12,14H,2-8H2,1H3,(H2,20,21,22)/t12-,14?/m0/s1. The first-order chi connectivity index (χ1) is 13.7. The van der Waals surface area contributed by atoms with E-state index in [0.717, 1.165) is 54.3 Å². The molecule has 1 unspecified atom stereocenters. The van der Waals surface area contributed by atoms with Crippen LogP contribution in [-0.2, 0) is 4.74 Å². The highest BCUT2D eigenvalue weighted by molar-refractivity contribution is 5.88. The van der Waals surface area contributed by atoms with Crippen molar-refractivity contribution in [2.75, 3.05) is 36.9 Å². The second-order valence-electron chi connectivity index (χ2n) is 7.70. The number of imidazole rings is 1. The fourth-order valence-electron chi connectivity index (χ4n) is 4.17. The molecule has 28 heavy (non-hydrogen) atoms. The summed E-state index contributed by atoms with van der Waals surface area (Å²) in [5, 5.41) is 0. The molecule has 2 N–H and O–H groups in total. The maximum atomic E-state index is 5.67. The third-order valence-electron chi connectivity index (χ3n) is 5.71. The van der Waals surface area contributed by atoms with Crippen LogP contribution in [0.3, 0.4) is 0 Å². The molecule has 146 valence electrons. The van der Waals surface area contributed by atoms with Crippen LogP contribution in [0.2, 0.25) is 0 Å². The number of hydrogen-bond acceptors (Lipinski definition) is 8. The minimum absolute atomic E-state index is 0.243.